The maximum absolute atomic E-state index is 5.40. The lowest BCUT2D eigenvalue weighted by Crippen LogP contribution is -2.49. The van der Waals surface area contributed by atoms with Gasteiger partial charge in [0.1, 0.15) is 16.1 Å². The first kappa shape index (κ1) is 31.0. The van der Waals surface area contributed by atoms with Crippen LogP contribution in [0.15, 0.2) is 152 Å². The van der Waals surface area contributed by atoms with Crippen molar-refractivity contribution in [3.8, 4) is 67.5 Å². The molecule has 52 heavy (non-hydrogen) atoms. The lowest BCUT2D eigenvalue weighted by molar-refractivity contribution is 1.08. The van der Waals surface area contributed by atoms with Crippen LogP contribution in [0.5, 0.6) is 0 Å². The van der Waals surface area contributed by atoms with E-state index in [4.69, 9.17) is 15.0 Å². The Morgan fingerprint density at radius 1 is 0.327 bits per heavy atom. The molecule has 0 fully saturated rings. The van der Waals surface area contributed by atoms with Gasteiger partial charge in [-0.3, -0.25) is 0 Å². The molecule has 3 nitrogen and oxygen atoms in total. The standard InChI is InChI=1S/C47H37N3Si2/c1-51(2)39-19-9-7-15-35(39)43-37(17-11-21-41(43)51)46-48-45(32-26-23-31(24-27-32)34-28-25-30-13-5-6-14-33(30)29-34)49-47(50-46)38-18-12-22-42-44(38)36-16-8-10-20-40(36)52(42,3)4/h5-29H,1-4H3. The molecule has 3 heterocycles. The third-order valence-electron chi connectivity index (χ3n) is 11.6. The highest BCUT2D eigenvalue weighted by atomic mass is 28.3. The van der Waals surface area contributed by atoms with E-state index in [1.165, 1.54) is 64.9 Å². The lowest BCUT2D eigenvalue weighted by Gasteiger charge is -2.19. The molecule has 0 unspecified atom stereocenters. The average molecular weight is 700 g/mol. The van der Waals surface area contributed by atoms with Gasteiger partial charge in [0.05, 0.1) is 0 Å². The van der Waals surface area contributed by atoms with Crippen molar-refractivity contribution in [2.24, 2.45) is 0 Å². The highest BCUT2D eigenvalue weighted by Crippen LogP contribution is 2.39. The van der Waals surface area contributed by atoms with E-state index in [9.17, 15) is 0 Å². The quantitative estimate of drug-likeness (QED) is 0.172. The Hall–Kier alpha value is -5.76. The number of aromatic nitrogens is 3. The van der Waals surface area contributed by atoms with E-state index < -0.39 is 16.1 Å². The summed E-state index contributed by atoms with van der Waals surface area (Å²) < 4.78 is 0. The van der Waals surface area contributed by atoms with Gasteiger partial charge in [0.15, 0.2) is 17.5 Å². The molecule has 0 radical (unpaired) electrons. The first-order valence-electron chi connectivity index (χ1n) is 18.1. The number of hydrogen-bond donors (Lipinski definition) is 0. The SMILES string of the molecule is C[Si]1(C)c2ccccc2-c2c(-c3nc(-c4ccc(-c5ccc6ccccc6c5)cc4)nc(-c4cccc5c4-c4ccccc4[Si]5(C)C)n3)cccc21. The second kappa shape index (κ2) is 11.4. The molecule has 248 valence electrons. The fourth-order valence-corrected chi connectivity index (χ4v) is 15.0. The van der Waals surface area contributed by atoms with Crippen LogP contribution in [0.3, 0.4) is 0 Å². The molecular formula is C47H37N3Si2. The number of fused-ring (bicyclic) bond motifs is 7. The normalized spacial score (nSPS) is 14.5. The smallest absolute Gasteiger partial charge is 0.164 e. The largest absolute Gasteiger partial charge is 0.208 e. The van der Waals surface area contributed by atoms with Crippen molar-refractivity contribution in [3.63, 3.8) is 0 Å². The van der Waals surface area contributed by atoms with E-state index in [0.29, 0.717) is 5.82 Å². The highest BCUT2D eigenvalue weighted by Gasteiger charge is 2.40. The molecule has 7 aromatic carbocycles. The average Bonchev–Trinajstić information content (AvgIpc) is 3.57. The predicted octanol–water partition coefficient (Wildman–Crippen LogP) is 9.30. The first-order chi connectivity index (χ1) is 25.3. The van der Waals surface area contributed by atoms with Gasteiger partial charge in [0.2, 0.25) is 0 Å². The van der Waals surface area contributed by atoms with Crippen LogP contribution in [0.2, 0.25) is 26.2 Å². The van der Waals surface area contributed by atoms with Crippen LogP contribution in [-0.2, 0) is 0 Å². The van der Waals surface area contributed by atoms with Crippen molar-refractivity contribution >= 4 is 47.7 Å². The monoisotopic (exact) mass is 699 g/mol. The van der Waals surface area contributed by atoms with Crippen molar-refractivity contribution < 1.29 is 0 Å². The van der Waals surface area contributed by atoms with Crippen molar-refractivity contribution in [1.29, 1.82) is 0 Å². The topological polar surface area (TPSA) is 38.7 Å². The summed E-state index contributed by atoms with van der Waals surface area (Å²) in [6.07, 6.45) is 0. The fourth-order valence-electron chi connectivity index (χ4n) is 8.81. The number of hydrogen-bond acceptors (Lipinski definition) is 3. The van der Waals surface area contributed by atoms with E-state index in [0.717, 1.165) is 28.3 Å². The molecule has 0 bridgehead atoms. The molecular weight excluding hydrogens is 663 g/mol. The molecule has 1 aromatic heterocycles. The molecule has 0 spiro atoms. The van der Waals surface area contributed by atoms with Crippen molar-refractivity contribution in [1.82, 2.24) is 15.0 Å². The summed E-state index contributed by atoms with van der Waals surface area (Å²) in [6.45, 7) is 9.83. The van der Waals surface area contributed by atoms with Crippen LogP contribution >= 0.6 is 0 Å². The van der Waals surface area contributed by atoms with Gasteiger partial charge in [-0.1, -0.05) is 172 Å². The van der Waals surface area contributed by atoms with Crippen LogP contribution in [-0.4, -0.2) is 31.1 Å². The molecule has 2 aliphatic heterocycles. The summed E-state index contributed by atoms with van der Waals surface area (Å²) in [6, 6.07) is 55.2. The highest BCUT2D eigenvalue weighted by molar-refractivity contribution is 7.04. The van der Waals surface area contributed by atoms with E-state index in [-0.39, 0.29) is 0 Å². The van der Waals surface area contributed by atoms with E-state index in [1.54, 1.807) is 0 Å². The molecule has 5 heteroatoms. The molecule has 2 aliphatic rings. The Morgan fingerprint density at radius 2 is 0.750 bits per heavy atom. The summed E-state index contributed by atoms with van der Waals surface area (Å²) in [7, 11) is -3.79. The zero-order chi connectivity index (χ0) is 35.2. The van der Waals surface area contributed by atoms with Gasteiger partial charge in [-0.25, -0.2) is 15.0 Å². The Kier molecular flexibility index (Phi) is 6.78. The van der Waals surface area contributed by atoms with Gasteiger partial charge in [0.25, 0.3) is 0 Å². The van der Waals surface area contributed by atoms with Crippen LogP contribution in [0, 0.1) is 0 Å². The second-order valence-electron chi connectivity index (χ2n) is 15.2. The van der Waals surface area contributed by atoms with Crippen molar-refractivity contribution in [2.75, 3.05) is 0 Å². The molecule has 0 saturated heterocycles. The van der Waals surface area contributed by atoms with Gasteiger partial charge >= 0.3 is 0 Å². The number of rotatable bonds is 4. The van der Waals surface area contributed by atoms with E-state index >= 15 is 0 Å². The summed E-state index contributed by atoms with van der Waals surface area (Å²) in [5.41, 5.74) is 10.7. The summed E-state index contributed by atoms with van der Waals surface area (Å²) in [5, 5.41) is 8.31. The minimum atomic E-state index is -1.89. The number of benzene rings is 7. The van der Waals surface area contributed by atoms with Crippen LogP contribution in [0.4, 0.5) is 0 Å². The Labute approximate surface area is 306 Å². The minimum Gasteiger partial charge on any atom is -0.208 e. The van der Waals surface area contributed by atoms with Crippen LogP contribution in [0.1, 0.15) is 0 Å². The van der Waals surface area contributed by atoms with Gasteiger partial charge < -0.3 is 0 Å². The summed E-state index contributed by atoms with van der Waals surface area (Å²) in [4.78, 5) is 16.0. The fraction of sp³-hybridized carbons (Fsp3) is 0.0851. The van der Waals surface area contributed by atoms with Crippen LogP contribution < -0.4 is 20.7 Å². The minimum absolute atomic E-state index is 0.686. The zero-order valence-electron chi connectivity index (χ0n) is 29.8. The number of nitrogens with zero attached hydrogens (tertiary/aromatic N) is 3. The lowest BCUT2D eigenvalue weighted by atomic mass is 9.98. The third kappa shape index (κ3) is 4.59. The van der Waals surface area contributed by atoms with Crippen LogP contribution in [0.25, 0.3) is 78.3 Å². The molecule has 0 aliphatic carbocycles. The van der Waals surface area contributed by atoms with E-state index in [2.05, 4.69) is 178 Å². The third-order valence-corrected chi connectivity index (χ3v) is 18.7. The first-order valence-corrected chi connectivity index (χ1v) is 24.1. The Balaban J connectivity index is 1.18. The predicted molar refractivity (Wildman–Crippen MR) is 223 cm³/mol. The molecule has 0 amide bonds. The Bertz CT molecular complexity index is 2620. The van der Waals surface area contributed by atoms with Crippen molar-refractivity contribution in [2.45, 2.75) is 26.2 Å². The maximum atomic E-state index is 5.40. The zero-order valence-corrected chi connectivity index (χ0v) is 31.8. The molecule has 0 N–H and O–H groups in total. The van der Waals surface area contributed by atoms with Gasteiger partial charge in [-0.15, -0.1) is 0 Å². The molecule has 0 saturated carbocycles. The Morgan fingerprint density at radius 3 is 1.33 bits per heavy atom. The molecule has 8 aromatic rings. The maximum Gasteiger partial charge on any atom is 0.164 e. The summed E-state index contributed by atoms with van der Waals surface area (Å²) >= 11 is 0. The van der Waals surface area contributed by atoms with Crippen molar-refractivity contribution in [3.05, 3.63) is 152 Å². The van der Waals surface area contributed by atoms with E-state index in [1.807, 2.05) is 0 Å². The second-order valence-corrected chi connectivity index (χ2v) is 23.9. The van der Waals surface area contributed by atoms with Gasteiger partial charge in [-0.2, -0.15) is 0 Å². The molecule has 0 atom stereocenters. The summed E-state index contributed by atoms with van der Waals surface area (Å²) in [5.74, 6) is 2.13. The van der Waals surface area contributed by atoms with Gasteiger partial charge in [0, 0.05) is 16.7 Å². The molecule has 10 rings (SSSR count). The van der Waals surface area contributed by atoms with Gasteiger partial charge in [-0.05, 0) is 71.0 Å².